The molecule has 1 N–H and O–H groups in total. The van der Waals surface area contributed by atoms with Gasteiger partial charge < -0.3 is 9.66 Å². The van der Waals surface area contributed by atoms with Crippen molar-refractivity contribution in [2.24, 2.45) is 34.5 Å². The molecule has 0 aromatic rings. The minimum atomic E-state index is -4.72. The average molecular weight is 386 g/mol. The summed E-state index contributed by atoms with van der Waals surface area (Å²) in [6.45, 7) is 4.34. The van der Waals surface area contributed by atoms with Gasteiger partial charge in [0.15, 0.2) is 0 Å². The Kier molecular flexibility index (Phi) is 4.35. The lowest BCUT2D eigenvalue weighted by atomic mass is 9.44. The highest BCUT2D eigenvalue weighted by Crippen LogP contribution is 2.65. The molecular formula is C19H29O6S-. The van der Waals surface area contributed by atoms with E-state index in [1.165, 1.54) is 0 Å². The van der Waals surface area contributed by atoms with E-state index in [0.717, 1.165) is 25.7 Å². The van der Waals surface area contributed by atoms with Crippen LogP contribution in [0.1, 0.15) is 65.2 Å². The number of hydrogen-bond acceptors (Lipinski definition) is 6. The average Bonchev–Trinajstić information content (AvgIpc) is 2.83. The first-order valence-electron chi connectivity index (χ1n) is 9.90. The number of fused-ring (bicyclic) bond motifs is 5. The fraction of sp³-hybridized carbons (Fsp3) is 0.947. The minimum absolute atomic E-state index is 0.0503. The Labute approximate surface area is 155 Å². The molecule has 4 aliphatic carbocycles. The highest BCUT2D eigenvalue weighted by molar-refractivity contribution is 7.80. The molecule has 0 aliphatic heterocycles. The van der Waals surface area contributed by atoms with Gasteiger partial charge in [0.1, 0.15) is 5.78 Å². The van der Waals surface area contributed by atoms with E-state index in [2.05, 4.69) is 13.8 Å². The van der Waals surface area contributed by atoms with E-state index >= 15 is 0 Å². The molecule has 0 amide bonds. The summed E-state index contributed by atoms with van der Waals surface area (Å²) < 4.78 is 37.6. The van der Waals surface area contributed by atoms with Crippen molar-refractivity contribution < 1.29 is 27.1 Å². The molecule has 0 radical (unpaired) electrons. The molecule has 0 aromatic carbocycles. The second-order valence-corrected chi connectivity index (χ2v) is 10.6. The first-order valence-corrected chi connectivity index (χ1v) is 11.2. The number of hydrogen-bond donors (Lipinski definition) is 1. The Balaban J connectivity index is 1.59. The summed E-state index contributed by atoms with van der Waals surface area (Å²) in [7, 11) is -4.72. The number of aliphatic hydroxyl groups is 1. The summed E-state index contributed by atoms with van der Waals surface area (Å²) in [5.74, 6) is 1.50. The predicted octanol–water partition coefficient (Wildman–Crippen LogP) is 2.41. The molecule has 8 atom stereocenters. The number of Topliss-reactive ketones (excluding diaryl/α,β-unsaturated/α-hetero) is 1. The molecule has 0 heterocycles. The number of aliphatic hydroxyl groups excluding tert-OH is 1. The largest absolute Gasteiger partial charge is 0.726 e. The predicted molar refractivity (Wildman–Crippen MR) is 92.7 cm³/mol. The van der Waals surface area contributed by atoms with E-state index in [4.69, 9.17) is 4.18 Å². The lowest BCUT2D eigenvalue weighted by molar-refractivity contribution is -0.168. The fourth-order valence-electron chi connectivity index (χ4n) is 7.29. The number of ketones is 1. The number of carbonyl (C=O) groups is 1. The van der Waals surface area contributed by atoms with Crippen LogP contribution in [0, 0.1) is 34.5 Å². The Morgan fingerprint density at radius 2 is 1.81 bits per heavy atom. The molecule has 0 spiro atoms. The van der Waals surface area contributed by atoms with Gasteiger partial charge in [0.25, 0.3) is 0 Å². The maximum Gasteiger partial charge on any atom is 0.217 e. The lowest BCUT2D eigenvalue weighted by Crippen LogP contribution is -2.58. The van der Waals surface area contributed by atoms with Gasteiger partial charge in [-0.25, -0.2) is 8.42 Å². The Morgan fingerprint density at radius 1 is 1.08 bits per heavy atom. The zero-order chi connectivity index (χ0) is 18.9. The maximum absolute atomic E-state index is 12.5. The van der Waals surface area contributed by atoms with Crippen molar-refractivity contribution in [3.8, 4) is 0 Å². The first kappa shape index (κ1) is 18.8. The van der Waals surface area contributed by atoms with Crippen molar-refractivity contribution in [2.45, 2.75) is 77.4 Å². The van der Waals surface area contributed by atoms with Crippen LogP contribution in [0.25, 0.3) is 0 Å². The van der Waals surface area contributed by atoms with E-state index in [0.29, 0.717) is 49.2 Å². The second kappa shape index (κ2) is 6.00. The van der Waals surface area contributed by atoms with Gasteiger partial charge in [-0.1, -0.05) is 13.8 Å². The van der Waals surface area contributed by atoms with Crippen LogP contribution in [0.2, 0.25) is 0 Å². The van der Waals surface area contributed by atoms with Crippen LogP contribution in [0.3, 0.4) is 0 Å². The third kappa shape index (κ3) is 2.77. The van der Waals surface area contributed by atoms with E-state index in [1.807, 2.05) is 0 Å². The molecule has 4 fully saturated rings. The summed E-state index contributed by atoms with van der Waals surface area (Å²) >= 11 is 0. The van der Waals surface area contributed by atoms with Crippen LogP contribution in [0.15, 0.2) is 0 Å². The van der Waals surface area contributed by atoms with Gasteiger partial charge >= 0.3 is 0 Å². The van der Waals surface area contributed by atoms with Crippen molar-refractivity contribution >= 4 is 16.2 Å². The third-order valence-corrected chi connectivity index (χ3v) is 9.10. The summed E-state index contributed by atoms with van der Waals surface area (Å²) in [5.41, 5.74) is -0.303. The van der Waals surface area contributed by atoms with Crippen molar-refractivity contribution in [3.05, 3.63) is 0 Å². The van der Waals surface area contributed by atoms with Crippen molar-refractivity contribution in [1.82, 2.24) is 0 Å². The topological polar surface area (TPSA) is 104 Å². The van der Waals surface area contributed by atoms with Gasteiger partial charge in [-0.3, -0.25) is 8.98 Å². The molecule has 26 heavy (non-hydrogen) atoms. The molecule has 0 bridgehead atoms. The highest BCUT2D eigenvalue weighted by atomic mass is 32.3. The summed E-state index contributed by atoms with van der Waals surface area (Å²) in [6, 6.07) is 0. The zero-order valence-corrected chi connectivity index (χ0v) is 16.3. The van der Waals surface area contributed by atoms with Gasteiger partial charge in [0.2, 0.25) is 10.4 Å². The van der Waals surface area contributed by atoms with Crippen molar-refractivity contribution in [2.75, 3.05) is 0 Å². The summed E-state index contributed by atoms with van der Waals surface area (Å²) in [5, 5.41) is 10.9. The van der Waals surface area contributed by atoms with Crippen LogP contribution in [0.4, 0.5) is 0 Å². The first-order chi connectivity index (χ1) is 12.0. The maximum atomic E-state index is 12.5. The minimum Gasteiger partial charge on any atom is -0.726 e. The molecule has 0 aromatic heterocycles. The molecule has 2 unspecified atom stereocenters. The summed E-state index contributed by atoms with van der Waals surface area (Å²) in [4.78, 5) is 12.5. The highest BCUT2D eigenvalue weighted by Gasteiger charge is 2.62. The van der Waals surface area contributed by atoms with Gasteiger partial charge in [0.05, 0.1) is 12.2 Å². The quantitative estimate of drug-likeness (QED) is 0.578. The zero-order valence-electron chi connectivity index (χ0n) is 15.5. The van der Waals surface area contributed by atoms with E-state index < -0.39 is 22.6 Å². The Morgan fingerprint density at radius 3 is 2.50 bits per heavy atom. The van der Waals surface area contributed by atoms with Crippen LogP contribution in [-0.2, 0) is 19.4 Å². The fourth-order valence-corrected chi connectivity index (χ4v) is 7.80. The lowest BCUT2D eigenvalue weighted by Gasteiger charge is -2.61. The molecular weight excluding hydrogens is 356 g/mol. The number of rotatable bonds is 2. The van der Waals surface area contributed by atoms with E-state index in [1.54, 1.807) is 0 Å². The smallest absolute Gasteiger partial charge is 0.217 e. The van der Waals surface area contributed by atoms with Crippen LogP contribution in [-0.4, -0.2) is 36.1 Å². The normalized spacial score (nSPS) is 51.5. The molecule has 6 nitrogen and oxygen atoms in total. The number of carbonyl (C=O) groups excluding carboxylic acids is 1. The van der Waals surface area contributed by atoms with E-state index in [9.17, 15) is 22.9 Å². The molecule has 148 valence electrons. The Hall–Kier alpha value is -0.500. The standard InChI is InChI=1S/C19H30O6S/c1-18-7-5-11(25-26(22,23)24)9-15(18)16(20)10-12-13-3-4-17(21)19(13,2)8-6-14(12)18/h11-16,20H,3-10H2,1-2H3,(H,22,23,24)/p-1/t11-,12-,13-,14-,15?,16?,18+,19-/m0/s1. The van der Waals surface area contributed by atoms with Crippen LogP contribution < -0.4 is 0 Å². The van der Waals surface area contributed by atoms with Gasteiger partial charge in [-0.05, 0) is 74.0 Å². The van der Waals surface area contributed by atoms with Gasteiger partial charge in [-0.2, -0.15) is 0 Å². The molecule has 4 saturated carbocycles. The molecule has 0 saturated heterocycles. The van der Waals surface area contributed by atoms with Crippen molar-refractivity contribution in [3.63, 3.8) is 0 Å². The van der Waals surface area contributed by atoms with Crippen molar-refractivity contribution in [1.29, 1.82) is 0 Å². The van der Waals surface area contributed by atoms with E-state index in [-0.39, 0.29) is 16.7 Å². The second-order valence-electron chi connectivity index (χ2n) is 9.61. The summed E-state index contributed by atoms with van der Waals surface area (Å²) in [6.07, 6.45) is 4.75. The molecule has 7 heteroatoms. The van der Waals surface area contributed by atoms with Gasteiger partial charge in [-0.15, -0.1) is 0 Å². The van der Waals surface area contributed by atoms with Gasteiger partial charge in [0, 0.05) is 11.8 Å². The molecule has 4 rings (SSSR count). The Bertz CT molecular complexity index is 705. The van der Waals surface area contributed by atoms with Crippen LogP contribution in [0.5, 0.6) is 0 Å². The monoisotopic (exact) mass is 385 g/mol. The SMILES string of the molecule is C[C@]12CC[C@H](OS(=O)(=O)[O-])CC1C(O)C[C@@H]1[C@@H]2CC[C@]2(C)C(=O)CC[C@@H]12. The molecule has 4 aliphatic rings. The van der Waals surface area contributed by atoms with Crippen LogP contribution >= 0.6 is 0 Å². The third-order valence-electron chi connectivity index (χ3n) is 8.59.